The Morgan fingerprint density at radius 1 is 0.882 bits per heavy atom. The van der Waals surface area contributed by atoms with Crippen LogP contribution in [0.2, 0.25) is 0 Å². The number of carbonyl (C=O) groups is 2. The summed E-state index contributed by atoms with van der Waals surface area (Å²) < 4.78 is 0. The SMILES string of the molecule is Cc1ccc(CN2CC(=O)N3C(c4ccc(C)cc4)c4[nH]c5ccccc5c4C[C@H]3C2=O)cc1. The quantitative estimate of drug-likeness (QED) is 0.494. The van der Waals surface area contributed by atoms with Crippen LogP contribution in [-0.4, -0.2) is 39.2 Å². The number of aromatic nitrogens is 1. The zero-order valence-electron chi connectivity index (χ0n) is 19.4. The van der Waals surface area contributed by atoms with Crippen LogP contribution in [0, 0.1) is 13.8 Å². The van der Waals surface area contributed by atoms with Gasteiger partial charge in [-0.1, -0.05) is 77.9 Å². The van der Waals surface area contributed by atoms with Crippen LogP contribution < -0.4 is 0 Å². The minimum atomic E-state index is -0.510. The van der Waals surface area contributed by atoms with E-state index in [0.29, 0.717) is 13.0 Å². The molecule has 0 aliphatic carbocycles. The highest BCUT2D eigenvalue weighted by Crippen LogP contribution is 2.42. The van der Waals surface area contributed by atoms with E-state index in [2.05, 4.69) is 48.3 Å². The molecule has 2 aliphatic rings. The molecule has 5 heteroatoms. The molecule has 1 saturated heterocycles. The molecule has 0 radical (unpaired) electrons. The summed E-state index contributed by atoms with van der Waals surface area (Å²) in [5.41, 5.74) is 7.61. The molecule has 5 nitrogen and oxygen atoms in total. The molecular weight excluding hydrogens is 422 g/mol. The van der Waals surface area contributed by atoms with E-state index in [1.807, 2.05) is 48.2 Å². The summed E-state index contributed by atoms with van der Waals surface area (Å²) in [5.74, 6) is 0.0137. The number of aryl methyl sites for hydroxylation is 2. The van der Waals surface area contributed by atoms with Crippen LogP contribution in [-0.2, 0) is 22.6 Å². The lowest BCUT2D eigenvalue weighted by Gasteiger charge is -2.47. The zero-order valence-corrected chi connectivity index (χ0v) is 19.4. The van der Waals surface area contributed by atoms with Gasteiger partial charge in [0.2, 0.25) is 11.8 Å². The van der Waals surface area contributed by atoms with Crippen molar-refractivity contribution in [2.75, 3.05) is 6.54 Å². The average molecular weight is 450 g/mol. The van der Waals surface area contributed by atoms with Gasteiger partial charge in [0.1, 0.15) is 12.6 Å². The summed E-state index contributed by atoms with van der Waals surface area (Å²) >= 11 is 0. The normalized spacial score (nSPS) is 19.9. The van der Waals surface area contributed by atoms with Crippen molar-refractivity contribution in [3.05, 3.63) is 106 Å². The molecule has 2 aliphatic heterocycles. The lowest BCUT2D eigenvalue weighted by atomic mass is 9.86. The Balaban J connectivity index is 1.44. The summed E-state index contributed by atoms with van der Waals surface area (Å²) in [6.07, 6.45) is 0.524. The number of piperazine rings is 1. The largest absolute Gasteiger partial charge is 0.356 e. The summed E-state index contributed by atoms with van der Waals surface area (Å²) in [5, 5.41) is 1.13. The Hall–Kier alpha value is -3.86. The maximum atomic E-state index is 13.8. The molecule has 2 atom stereocenters. The second-order valence-electron chi connectivity index (χ2n) is 9.58. The minimum Gasteiger partial charge on any atom is -0.356 e. The van der Waals surface area contributed by atoms with E-state index >= 15 is 0 Å². The van der Waals surface area contributed by atoms with Gasteiger partial charge in [-0.25, -0.2) is 0 Å². The van der Waals surface area contributed by atoms with Crippen molar-refractivity contribution in [1.29, 1.82) is 0 Å². The Bertz CT molecular complexity index is 1400. The molecule has 4 aromatic rings. The Morgan fingerprint density at radius 2 is 1.56 bits per heavy atom. The second kappa shape index (κ2) is 7.87. The molecule has 3 aromatic carbocycles. The number of para-hydroxylation sites is 1. The lowest BCUT2D eigenvalue weighted by Crippen LogP contribution is -2.62. The van der Waals surface area contributed by atoms with Gasteiger partial charge in [0.05, 0.1) is 6.04 Å². The highest BCUT2D eigenvalue weighted by Gasteiger charge is 2.48. The predicted molar refractivity (Wildman–Crippen MR) is 132 cm³/mol. The van der Waals surface area contributed by atoms with E-state index in [0.717, 1.165) is 33.3 Å². The van der Waals surface area contributed by atoms with Gasteiger partial charge in [-0.3, -0.25) is 9.59 Å². The standard InChI is InChI=1S/C29H27N3O2/c1-18-7-11-20(12-8-18)16-31-17-26(33)32-25(29(31)34)15-23-22-5-3-4-6-24(22)30-27(23)28(32)21-13-9-19(2)10-14-21/h3-14,25,28,30H,15-17H2,1-2H3/t25-,28?/m0/s1. The molecule has 2 amide bonds. The molecule has 170 valence electrons. The van der Waals surface area contributed by atoms with Crippen LogP contribution in [0.1, 0.15) is 39.6 Å². The van der Waals surface area contributed by atoms with E-state index < -0.39 is 6.04 Å². The molecule has 0 bridgehead atoms. The van der Waals surface area contributed by atoms with Crippen molar-refractivity contribution in [3.63, 3.8) is 0 Å². The monoisotopic (exact) mass is 449 g/mol. The summed E-state index contributed by atoms with van der Waals surface area (Å²) in [6, 6.07) is 23.8. The first-order valence-corrected chi connectivity index (χ1v) is 11.8. The third-order valence-corrected chi connectivity index (χ3v) is 7.23. The van der Waals surface area contributed by atoms with E-state index in [1.54, 1.807) is 4.90 Å². The number of nitrogens with one attached hydrogen (secondary N) is 1. The first-order valence-electron chi connectivity index (χ1n) is 11.8. The van der Waals surface area contributed by atoms with Crippen LogP contribution >= 0.6 is 0 Å². The van der Waals surface area contributed by atoms with E-state index in [-0.39, 0.29) is 24.4 Å². The highest BCUT2D eigenvalue weighted by atomic mass is 16.2. The van der Waals surface area contributed by atoms with Crippen molar-refractivity contribution >= 4 is 22.7 Å². The Labute approximate surface area is 199 Å². The first kappa shape index (κ1) is 20.7. The number of rotatable bonds is 3. The van der Waals surface area contributed by atoms with Crippen LogP contribution in [0.5, 0.6) is 0 Å². The summed E-state index contributed by atoms with van der Waals surface area (Å²) in [6.45, 7) is 4.65. The topological polar surface area (TPSA) is 56.4 Å². The molecule has 1 N–H and O–H groups in total. The van der Waals surface area contributed by atoms with Gasteiger partial charge in [0.25, 0.3) is 0 Å². The van der Waals surface area contributed by atoms with Crippen molar-refractivity contribution in [1.82, 2.24) is 14.8 Å². The fraction of sp³-hybridized carbons (Fsp3) is 0.241. The van der Waals surface area contributed by atoms with Gasteiger partial charge in [0, 0.05) is 29.6 Å². The minimum absolute atomic E-state index is 0.00778. The highest BCUT2D eigenvalue weighted by molar-refractivity contribution is 5.97. The first-order chi connectivity index (χ1) is 16.5. The Kier molecular flexibility index (Phi) is 4.80. The number of fused-ring (bicyclic) bond motifs is 4. The molecule has 1 aromatic heterocycles. The number of aromatic amines is 1. The smallest absolute Gasteiger partial charge is 0.246 e. The van der Waals surface area contributed by atoms with Crippen LogP contribution in [0.4, 0.5) is 0 Å². The molecule has 6 rings (SSSR count). The average Bonchev–Trinajstić information content (AvgIpc) is 3.21. The maximum absolute atomic E-state index is 13.8. The number of nitrogens with zero attached hydrogens (tertiary/aromatic N) is 2. The fourth-order valence-corrected chi connectivity index (χ4v) is 5.47. The van der Waals surface area contributed by atoms with Crippen LogP contribution in [0.3, 0.4) is 0 Å². The van der Waals surface area contributed by atoms with Gasteiger partial charge in [0.15, 0.2) is 0 Å². The van der Waals surface area contributed by atoms with Crippen molar-refractivity contribution < 1.29 is 9.59 Å². The molecule has 0 spiro atoms. The Morgan fingerprint density at radius 3 is 2.29 bits per heavy atom. The number of amides is 2. The molecular formula is C29H27N3O2. The fourth-order valence-electron chi connectivity index (χ4n) is 5.47. The van der Waals surface area contributed by atoms with Crippen molar-refractivity contribution in [2.45, 2.75) is 38.9 Å². The van der Waals surface area contributed by atoms with Crippen molar-refractivity contribution in [3.8, 4) is 0 Å². The molecule has 0 saturated carbocycles. The van der Waals surface area contributed by atoms with Gasteiger partial charge in [-0.15, -0.1) is 0 Å². The van der Waals surface area contributed by atoms with E-state index in [9.17, 15) is 9.59 Å². The number of H-pyrrole nitrogens is 1. The van der Waals surface area contributed by atoms with Gasteiger partial charge in [-0.2, -0.15) is 0 Å². The molecule has 3 heterocycles. The van der Waals surface area contributed by atoms with Crippen molar-refractivity contribution in [2.24, 2.45) is 0 Å². The maximum Gasteiger partial charge on any atom is 0.246 e. The van der Waals surface area contributed by atoms with E-state index in [1.165, 1.54) is 11.1 Å². The van der Waals surface area contributed by atoms with Crippen LogP contribution in [0.15, 0.2) is 72.8 Å². The zero-order chi connectivity index (χ0) is 23.4. The van der Waals surface area contributed by atoms with Gasteiger partial charge >= 0.3 is 0 Å². The van der Waals surface area contributed by atoms with Gasteiger partial charge in [-0.05, 0) is 36.6 Å². The number of hydrogen-bond acceptors (Lipinski definition) is 2. The third-order valence-electron chi connectivity index (χ3n) is 7.23. The lowest BCUT2D eigenvalue weighted by molar-refractivity contribution is -0.159. The second-order valence-corrected chi connectivity index (χ2v) is 9.58. The third kappa shape index (κ3) is 3.31. The van der Waals surface area contributed by atoms with E-state index in [4.69, 9.17) is 0 Å². The summed E-state index contributed by atoms with van der Waals surface area (Å²) in [7, 11) is 0. The van der Waals surface area contributed by atoms with Crippen LogP contribution in [0.25, 0.3) is 10.9 Å². The van der Waals surface area contributed by atoms with Gasteiger partial charge < -0.3 is 14.8 Å². The predicted octanol–water partition coefficient (Wildman–Crippen LogP) is 4.67. The number of benzene rings is 3. The molecule has 1 fully saturated rings. The summed E-state index contributed by atoms with van der Waals surface area (Å²) in [4.78, 5) is 34.6. The number of carbonyl (C=O) groups excluding carboxylic acids is 2. The number of hydrogen-bond donors (Lipinski definition) is 1. The molecule has 34 heavy (non-hydrogen) atoms. The molecule has 1 unspecified atom stereocenters.